The Labute approximate surface area is 128 Å². The van der Waals surface area contributed by atoms with Gasteiger partial charge in [-0.2, -0.15) is 5.26 Å². The van der Waals surface area contributed by atoms with Crippen molar-refractivity contribution in [3.63, 3.8) is 0 Å². The topological polar surface area (TPSA) is 45.0 Å². The zero-order valence-corrected chi connectivity index (χ0v) is 13.4. The second-order valence-corrected chi connectivity index (χ2v) is 6.86. The van der Waals surface area contributed by atoms with Crippen LogP contribution in [0.4, 0.5) is 0 Å². The van der Waals surface area contributed by atoms with E-state index in [1.54, 1.807) is 0 Å². The van der Waals surface area contributed by atoms with E-state index in [2.05, 4.69) is 38.2 Å². The summed E-state index contributed by atoms with van der Waals surface area (Å²) in [5.74, 6) is 0.756. The normalized spacial score (nSPS) is 22.3. The van der Waals surface area contributed by atoms with Crippen molar-refractivity contribution in [1.29, 1.82) is 5.26 Å². The molecule has 0 spiro atoms. The van der Waals surface area contributed by atoms with E-state index in [9.17, 15) is 0 Å². The Morgan fingerprint density at radius 1 is 1.38 bits per heavy atom. The summed E-state index contributed by atoms with van der Waals surface area (Å²) in [6, 6.07) is 11.0. The Hall–Kier alpha value is -1.53. The molecular weight excluding hydrogens is 260 g/mol. The number of ether oxygens (including phenoxy) is 1. The number of hydrogen-bond donors (Lipinski definition) is 1. The highest BCUT2D eigenvalue weighted by Gasteiger charge is 2.28. The molecule has 2 unspecified atom stereocenters. The van der Waals surface area contributed by atoms with Crippen LogP contribution in [0.2, 0.25) is 0 Å². The number of nitrogens with one attached hydrogen (secondary N) is 1. The van der Waals surface area contributed by atoms with Gasteiger partial charge in [-0.3, -0.25) is 0 Å². The largest absolute Gasteiger partial charge is 0.479 e. The zero-order valence-electron chi connectivity index (χ0n) is 13.4. The fourth-order valence-corrected chi connectivity index (χ4v) is 3.26. The predicted molar refractivity (Wildman–Crippen MR) is 85.1 cm³/mol. The number of hydrogen-bond acceptors (Lipinski definition) is 3. The summed E-state index contributed by atoms with van der Waals surface area (Å²) in [6.45, 7) is 7.05. The summed E-state index contributed by atoms with van der Waals surface area (Å²) in [4.78, 5) is 0. The monoisotopic (exact) mass is 286 g/mol. The Morgan fingerprint density at radius 3 is 2.71 bits per heavy atom. The molecule has 0 radical (unpaired) electrons. The molecule has 0 aliphatic heterocycles. The lowest BCUT2D eigenvalue weighted by atomic mass is 9.75. The molecule has 1 aliphatic carbocycles. The Kier molecular flexibility index (Phi) is 5.25. The maximum absolute atomic E-state index is 8.51. The van der Waals surface area contributed by atoms with Crippen LogP contribution in [-0.4, -0.2) is 12.6 Å². The molecule has 0 bridgehead atoms. The second kappa shape index (κ2) is 6.95. The van der Waals surface area contributed by atoms with E-state index in [4.69, 9.17) is 10.00 Å². The van der Waals surface area contributed by atoms with Gasteiger partial charge in [0.2, 0.25) is 0 Å². The van der Waals surface area contributed by atoms with Gasteiger partial charge in [0.1, 0.15) is 11.8 Å². The lowest BCUT2D eigenvalue weighted by Crippen LogP contribution is -2.38. The molecular formula is C18H26N2O. The van der Waals surface area contributed by atoms with Gasteiger partial charge in [-0.1, -0.05) is 32.4 Å². The van der Waals surface area contributed by atoms with E-state index in [-0.39, 0.29) is 6.61 Å². The van der Waals surface area contributed by atoms with Gasteiger partial charge >= 0.3 is 0 Å². The average molecular weight is 286 g/mol. The number of nitriles is 1. The fourth-order valence-electron chi connectivity index (χ4n) is 3.26. The van der Waals surface area contributed by atoms with Gasteiger partial charge in [-0.25, -0.2) is 0 Å². The minimum atomic E-state index is 0.101. The quantitative estimate of drug-likeness (QED) is 0.882. The van der Waals surface area contributed by atoms with Gasteiger partial charge in [-0.15, -0.1) is 0 Å². The van der Waals surface area contributed by atoms with Gasteiger partial charge in [-0.05, 0) is 49.3 Å². The summed E-state index contributed by atoms with van der Waals surface area (Å²) in [7, 11) is 0. The van der Waals surface area contributed by atoms with Crippen LogP contribution < -0.4 is 10.1 Å². The first-order chi connectivity index (χ1) is 10.00. The summed E-state index contributed by atoms with van der Waals surface area (Å²) >= 11 is 0. The van der Waals surface area contributed by atoms with Crippen LogP contribution in [0.5, 0.6) is 5.75 Å². The number of rotatable bonds is 5. The molecule has 2 atom stereocenters. The second-order valence-electron chi connectivity index (χ2n) is 6.86. The van der Waals surface area contributed by atoms with Crippen LogP contribution in [0.3, 0.4) is 0 Å². The van der Waals surface area contributed by atoms with Crippen molar-refractivity contribution in [1.82, 2.24) is 5.32 Å². The highest BCUT2D eigenvalue weighted by Crippen LogP contribution is 2.36. The fraction of sp³-hybridized carbons (Fsp3) is 0.611. The molecule has 2 rings (SSSR count). The minimum absolute atomic E-state index is 0.101. The van der Waals surface area contributed by atoms with Crippen molar-refractivity contribution in [2.75, 3.05) is 6.61 Å². The number of benzene rings is 1. The summed E-state index contributed by atoms with van der Waals surface area (Å²) in [5, 5.41) is 12.3. The highest BCUT2D eigenvalue weighted by molar-refractivity contribution is 5.29. The van der Waals surface area contributed by atoms with Crippen LogP contribution in [-0.2, 0) is 0 Å². The average Bonchev–Trinajstić information content (AvgIpc) is 2.44. The van der Waals surface area contributed by atoms with E-state index in [1.165, 1.54) is 31.2 Å². The summed E-state index contributed by atoms with van der Waals surface area (Å²) < 4.78 is 5.29. The van der Waals surface area contributed by atoms with Crippen molar-refractivity contribution in [3.05, 3.63) is 29.8 Å². The van der Waals surface area contributed by atoms with E-state index in [0.29, 0.717) is 17.5 Å². The van der Waals surface area contributed by atoms with Gasteiger partial charge < -0.3 is 10.1 Å². The van der Waals surface area contributed by atoms with Crippen LogP contribution in [0.1, 0.15) is 58.1 Å². The first-order valence-electron chi connectivity index (χ1n) is 7.86. The lowest BCUT2D eigenvalue weighted by molar-refractivity contribution is 0.191. The molecule has 0 saturated heterocycles. The third-order valence-electron chi connectivity index (χ3n) is 4.37. The molecule has 1 fully saturated rings. The molecule has 1 saturated carbocycles. The van der Waals surface area contributed by atoms with Gasteiger partial charge in [0.05, 0.1) is 0 Å². The number of nitrogens with zero attached hydrogens (tertiary/aromatic N) is 1. The zero-order chi connectivity index (χ0) is 15.3. The minimum Gasteiger partial charge on any atom is -0.479 e. The van der Waals surface area contributed by atoms with E-state index in [0.717, 1.165) is 5.75 Å². The third kappa shape index (κ3) is 4.75. The van der Waals surface area contributed by atoms with Gasteiger partial charge in [0, 0.05) is 12.1 Å². The molecule has 1 aromatic carbocycles. The molecule has 0 heterocycles. The van der Waals surface area contributed by atoms with E-state index >= 15 is 0 Å². The van der Waals surface area contributed by atoms with Crippen molar-refractivity contribution < 1.29 is 4.74 Å². The third-order valence-corrected chi connectivity index (χ3v) is 4.37. The SMILES string of the molecule is CC(NC1CCCC(C)(C)C1)c1ccc(OCC#N)cc1. The maximum atomic E-state index is 8.51. The van der Waals surface area contributed by atoms with E-state index < -0.39 is 0 Å². The lowest BCUT2D eigenvalue weighted by Gasteiger charge is -2.37. The predicted octanol–water partition coefficient (Wildman–Crippen LogP) is 4.21. The molecule has 114 valence electrons. The Bertz CT molecular complexity index is 487. The van der Waals surface area contributed by atoms with Crippen molar-refractivity contribution in [2.45, 2.75) is 58.5 Å². The van der Waals surface area contributed by atoms with Crippen LogP contribution in [0.25, 0.3) is 0 Å². The summed E-state index contributed by atoms with van der Waals surface area (Å²) in [5.41, 5.74) is 1.73. The van der Waals surface area contributed by atoms with Crippen molar-refractivity contribution >= 4 is 0 Å². The highest BCUT2D eigenvalue weighted by atomic mass is 16.5. The maximum Gasteiger partial charge on any atom is 0.174 e. The standard InChI is InChI=1S/C18H26N2O/c1-14(20-16-5-4-10-18(2,3)13-16)15-6-8-17(9-7-15)21-12-11-19/h6-9,14,16,20H,4-5,10,12-13H2,1-3H3. The molecule has 0 amide bonds. The van der Waals surface area contributed by atoms with E-state index in [1.807, 2.05) is 18.2 Å². The van der Waals surface area contributed by atoms with Gasteiger partial charge in [0.25, 0.3) is 0 Å². The molecule has 0 aromatic heterocycles. The van der Waals surface area contributed by atoms with Gasteiger partial charge in [0.15, 0.2) is 6.61 Å². The Balaban J connectivity index is 1.91. The molecule has 3 heteroatoms. The summed E-state index contributed by atoms with van der Waals surface area (Å²) in [6.07, 6.45) is 5.18. The Morgan fingerprint density at radius 2 is 2.10 bits per heavy atom. The molecule has 3 nitrogen and oxygen atoms in total. The van der Waals surface area contributed by atoms with Crippen molar-refractivity contribution in [2.24, 2.45) is 5.41 Å². The first kappa shape index (κ1) is 15.9. The van der Waals surface area contributed by atoms with Crippen LogP contribution in [0.15, 0.2) is 24.3 Å². The van der Waals surface area contributed by atoms with Crippen LogP contribution in [0, 0.1) is 16.7 Å². The molecule has 1 aliphatic rings. The van der Waals surface area contributed by atoms with Crippen molar-refractivity contribution in [3.8, 4) is 11.8 Å². The first-order valence-corrected chi connectivity index (χ1v) is 7.86. The molecule has 1 aromatic rings. The molecule has 1 N–H and O–H groups in total. The van der Waals surface area contributed by atoms with Crippen LogP contribution >= 0.6 is 0 Å². The smallest absolute Gasteiger partial charge is 0.174 e. The molecule has 21 heavy (non-hydrogen) atoms.